The van der Waals surface area contributed by atoms with Gasteiger partial charge < -0.3 is 14.1 Å². The second-order valence-electron chi connectivity index (χ2n) is 3.57. The van der Waals surface area contributed by atoms with Crippen molar-refractivity contribution in [1.29, 1.82) is 0 Å². The van der Waals surface area contributed by atoms with Gasteiger partial charge in [0.2, 0.25) is 0 Å². The summed E-state index contributed by atoms with van der Waals surface area (Å²) in [6.45, 7) is 4.17. The molecular weight excluding hydrogens is 194 g/mol. The van der Waals surface area contributed by atoms with Crippen LogP contribution in [0.4, 0.5) is 0 Å². The number of carbonyl (C=O) groups is 1. The van der Waals surface area contributed by atoms with E-state index in [-0.39, 0.29) is 5.91 Å². The van der Waals surface area contributed by atoms with Crippen LogP contribution in [0.15, 0.2) is 16.7 Å². The van der Waals surface area contributed by atoms with Gasteiger partial charge in [0, 0.05) is 26.3 Å². The van der Waals surface area contributed by atoms with E-state index in [9.17, 15) is 4.79 Å². The van der Waals surface area contributed by atoms with Crippen molar-refractivity contribution in [3.8, 4) is 0 Å². The topological polar surface area (TPSA) is 42.7 Å². The summed E-state index contributed by atoms with van der Waals surface area (Å²) in [5, 5.41) is 0. The van der Waals surface area contributed by atoms with E-state index in [1.54, 1.807) is 25.1 Å². The first-order valence-corrected chi connectivity index (χ1v) is 4.87. The van der Waals surface area contributed by atoms with Crippen molar-refractivity contribution >= 4 is 5.91 Å². The molecule has 0 saturated heterocycles. The van der Waals surface area contributed by atoms with Gasteiger partial charge in [-0.25, -0.2) is 0 Å². The second kappa shape index (κ2) is 4.98. The number of aryl methyl sites for hydroxylation is 1. The van der Waals surface area contributed by atoms with E-state index in [1.807, 2.05) is 13.0 Å². The molecule has 4 heteroatoms. The Morgan fingerprint density at radius 1 is 1.67 bits per heavy atom. The van der Waals surface area contributed by atoms with Crippen molar-refractivity contribution in [1.82, 2.24) is 4.90 Å². The lowest BCUT2D eigenvalue weighted by Crippen LogP contribution is -2.35. The number of carbonyl (C=O) groups excluding carboxylic acids is 1. The standard InChI is InChI=1S/C11H17NO3/c1-8-10(5-6-15-8)7-12(3)11(13)9(2)14-4/h5-6,9H,7H2,1-4H3. The lowest BCUT2D eigenvalue weighted by Gasteiger charge is -2.20. The predicted molar refractivity (Wildman–Crippen MR) is 56.4 cm³/mol. The lowest BCUT2D eigenvalue weighted by atomic mass is 10.2. The molecule has 1 unspecified atom stereocenters. The van der Waals surface area contributed by atoms with Crippen molar-refractivity contribution < 1.29 is 13.9 Å². The molecule has 0 aliphatic carbocycles. The van der Waals surface area contributed by atoms with E-state index in [0.29, 0.717) is 6.54 Å². The molecule has 0 spiro atoms. The van der Waals surface area contributed by atoms with Crippen LogP contribution in [0.3, 0.4) is 0 Å². The minimum absolute atomic E-state index is 0.0295. The van der Waals surface area contributed by atoms with Gasteiger partial charge in [0.25, 0.3) is 5.91 Å². The number of rotatable bonds is 4. The quantitative estimate of drug-likeness (QED) is 0.759. The minimum Gasteiger partial charge on any atom is -0.469 e. The van der Waals surface area contributed by atoms with E-state index < -0.39 is 6.10 Å². The molecule has 0 fully saturated rings. The Balaban J connectivity index is 2.60. The van der Waals surface area contributed by atoms with Crippen LogP contribution in [-0.4, -0.2) is 31.1 Å². The smallest absolute Gasteiger partial charge is 0.251 e. The molecule has 15 heavy (non-hydrogen) atoms. The zero-order valence-electron chi connectivity index (χ0n) is 9.61. The summed E-state index contributed by atoms with van der Waals surface area (Å²) in [5.74, 6) is 0.817. The van der Waals surface area contributed by atoms with E-state index in [1.165, 1.54) is 7.11 Å². The lowest BCUT2D eigenvalue weighted by molar-refractivity contribution is -0.140. The molecule has 1 aromatic heterocycles. The maximum Gasteiger partial charge on any atom is 0.251 e. The highest BCUT2D eigenvalue weighted by atomic mass is 16.5. The van der Waals surface area contributed by atoms with Crippen LogP contribution >= 0.6 is 0 Å². The first kappa shape index (κ1) is 11.8. The molecule has 1 rings (SSSR count). The minimum atomic E-state index is -0.401. The van der Waals surface area contributed by atoms with Crippen LogP contribution in [0.5, 0.6) is 0 Å². The monoisotopic (exact) mass is 211 g/mol. The van der Waals surface area contributed by atoms with Gasteiger partial charge in [-0.15, -0.1) is 0 Å². The first-order valence-electron chi connectivity index (χ1n) is 4.87. The van der Waals surface area contributed by atoms with Gasteiger partial charge in [-0.1, -0.05) is 0 Å². The Bertz CT molecular complexity index is 332. The number of ether oxygens (including phenoxy) is 1. The number of hydrogen-bond acceptors (Lipinski definition) is 3. The highest BCUT2D eigenvalue weighted by Crippen LogP contribution is 2.11. The van der Waals surface area contributed by atoms with Crippen LogP contribution in [0.25, 0.3) is 0 Å². The summed E-state index contributed by atoms with van der Waals surface area (Å²) in [6, 6.07) is 1.87. The van der Waals surface area contributed by atoms with Crippen molar-refractivity contribution in [2.24, 2.45) is 0 Å². The van der Waals surface area contributed by atoms with Gasteiger partial charge >= 0.3 is 0 Å². The Morgan fingerprint density at radius 2 is 2.33 bits per heavy atom. The number of nitrogens with zero attached hydrogens (tertiary/aromatic N) is 1. The SMILES string of the molecule is COC(C)C(=O)N(C)Cc1ccoc1C. The van der Waals surface area contributed by atoms with E-state index in [0.717, 1.165) is 11.3 Å². The molecule has 0 N–H and O–H groups in total. The van der Waals surface area contributed by atoms with E-state index in [2.05, 4.69) is 0 Å². The molecule has 0 aliphatic rings. The fourth-order valence-corrected chi connectivity index (χ4v) is 1.32. The Kier molecular flexibility index (Phi) is 3.91. The molecule has 1 heterocycles. The third kappa shape index (κ3) is 2.83. The predicted octanol–water partition coefficient (Wildman–Crippen LogP) is 1.58. The van der Waals surface area contributed by atoms with Crippen LogP contribution in [-0.2, 0) is 16.1 Å². The molecule has 1 aromatic rings. The van der Waals surface area contributed by atoms with Crippen LogP contribution in [0, 0.1) is 6.92 Å². The van der Waals surface area contributed by atoms with Crippen molar-refractivity contribution in [3.05, 3.63) is 23.7 Å². The van der Waals surface area contributed by atoms with Gasteiger partial charge in [0.15, 0.2) is 0 Å². The summed E-state index contributed by atoms with van der Waals surface area (Å²) in [5.41, 5.74) is 1.02. The highest BCUT2D eigenvalue weighted by Gasteiger charge is 2.17. The summed E-state index contributed by atoms with van der Waals surface area (Å²) < 4.78 is 10.1. The third-order valence-electron chi connectivity index (χ3n) is 2.45. The summed E-state index contributed by atoms with van der Waals surface area (Å²) in [4.78, 5) is 13.3. The van der Waals surface area contributed by atoms with Crippen molar-refractivity contribution in [3.63, 3.8) is 0 Å². The molecule has 0 bridgehead atoms. The summed E-state index contributed by atoms with van der Waals surface area (Å²) in [6.07, 6.45) is 1.23. The normalized spacial score (nSPS) is 12.5. The molecule has 0 saturated carbocycles. The van der Waals surface area contributed by atoms with Gasteiger partial charge in [0.05, 0.1) is 6.26 Å². The maximum atomic E-state index is 11.7. The van der Waals surface area contributed by atoms with Crippen LogP contribution < -0.4 is 0 Å². The van der Waals surface area contributed by atoms with Gasteiger partial charge in [0.1, 0.15) is 11.9 Å². The number of amides is 1. The van der Waals surface area contributed by atoms with Gasteiger partial charge in [-0.05, 0) is 19.9 Å². The molecule has 0 radical (unpaired) electrons. The number of methoxy groups -OCH3 is 1. The number of furan rings is 1. The molecule has 1 amide bonds. The second-order valence-corrected chi connectivity index (χ2v) is 3.57. The zero-order chi connectivity index (χ0) is 11.4. The number of likely N-dealkylation sites (N-methyl/N-ethyl adjacent to an activating group) is 1. The highest BCUT2D eigenvalue weighted by molar-refractivity contribution is 5.80. The molecule has 1 atom stereocenters. The number of hydrogen-bond donors (Lipinski definition) is 0. The zero-order valence-corrected chi connectivity index (χ0v) is 9.61. The summed E-state index contributed by atoms with van der Waals surface area (Å²) >= 11 is 0. The van der Waals surface area contributed by atoms with Crippen molar-refractivity contribution in [2.75, 3.05) is 14.2 Å². The molecule has 84 valence electrons. The Morgan fingerprint density at radius 3 is 2.80 bits per heavy atom. The molecular formula is C11H17NO3. The fraction of sp³-hybridized carbons (Fsp3) is 0.545. The van der Waals surface area contributed by atoms with E-state index >= 15 is 0 Å². The van der Waals surface area contributed by atoms with E-state index in [4.69, 9.17) is 9.15 Å². The average molecular weight is 211 g/mol. The maximum absolute atomic E-state index is 11.7. The Labute approximate surface area is 89.8 Å². The fourth-order valence-electron chi connectivity index (χ4n) is 1.32. The molecule has 4 nitrogen and oxygen atoms in total. The average Bonchev–Trinajstić information content (AvgIpc) is 2.62. The largest absolute Gasteiger partial charge is 0.469 e. The molecule has 0 aliphatic heterocycles. The third-order valence-corrected chi connectivity index (χ3v) is 2.45. The van der Waals surface area contributed by atoms with Gasteiger partial charge in [-0.3, -0.25) is 4.79 Å². The summed E-state index contributed by atoms with van der Waals surface area (Å²) in [7, 11) is 3.28. The van der Waals surface area contributed by atoms with Crippen LogP contribution in [0.2, 0.25) is 0 Å². The van der Waals surface area contributed by atoms with Gasteiger partial charge in [-0.2, -0.15) is 0 Å². The first-order chi connectivity index (χ1) is 7.06. The Hall–Kier alpha value is -1.29. The molecule has 0 aromatic carbocycles. The van der Waals surface area contributed by atoms with Crippen LogP contribution in [0.1, 0.15) is 18.2 Å². The van der Waals surface area contributed by atoms with Crippen molar-refractivity contribution in [2.45, 2.75) is 26.5 Å².